The first-order valence-electron chi connectivity index (χ1n) is 11.6. The molecule has 0 saturated carbocycles. The Balaban J connectivity index is 1.22. The molecule has 1 aromatic heterocycles. The summed E-state index contributed by atoms with van der Waals surface area (Å²) in [6, 6.07) is 14.7. The average Bonchev–Trinajstić information content (AvgIpc) is 2.88. The highest BCUT2D eigenvalue weighted by Gasteiger charge is 2.33. The molecule has 0 bridgehead atoms. The van der Waals surface area contributed by atoms with Crippen LogP contribution in [0.1, 0.15) is 23.2 Å². The van der Waals surface area contributed by atoms with E-state index in [1.807, 2.05) is 29.2 Å². The molecule has 0 spiro atoms. The van der Waals surface area contributed by atoms with Crippen LogP contribution in [0.25, 0.3) is 10.9 Å². The largest absolute Gasteiger partial charge is 0.367 e. The first-order chi connectivity index (χ1) is 16.5. The van der Waals surface area contributed by atoms with E-state index in [0.29, 0.717) is 41.8 Å². The molecular formula is C26H26Cl2N4O2. The summed E-state index contributed by atoms with van der Waals surface area (Å²) < 4.78 is 0. The van der Waals surface area contributed by atoms with E-state index < -0.39 is 0 Å². The van der Waals surface area contributed by atoms with Crippen LogP contribution in [0.2, 0.25) is 10.0 Å². The van der Waals surface area contributed by atoms with Crippen LogP contribution in [-0.4, -0.2) is 65.9 Å². The maximum absolute atomic E-state index is 13.3. The highest BCUT2D eigenvalue weighted by molar-refractivity contribution is 6.31. The van der Waals surface area contributed by atoms with Gasteiger partial charge in [0.15, 0.2) is 0 Å². The minimum atomic E-state index is -0.152. The van der Waals surface area contributed by atoms with Crippen LogP contribution in [0.5, 0.6) is 0 Å². The summed E-state index contributed by atoms with van der Waals surface area (Å²) in [6.45, 7) is 3.99. The van der Waals surface area contributed by atoms with Crippen LogP contribution in [0.4, 0.5) is 5.69 Å². The van der Waals surface area contributed by atoms with Gasteiger partial charge in [-0.05, 0) is 61.4 Å². The molecule has 2 fully saturated rings. The zero-order chi connectivity index (χ0) is 23.7. The number of nitrogens with zero attached hydrogens (tertiary/aromatic N) is 4. The van der Waals surface area contributed by atoms with Crippen molar-refractivity contribution in [3.8, 4) is 0 Å². The number of fused-ring (bicyclic) bond motifs is 1. The fourth-order valence-electron chi connectivity index (χ4n) is 4.95. The van der Waals surface area contributed by atoms with E-state index in [0.717, 1.165) is 42.5 Å². The van der Waals surface area contributed by atoms with Gasteiger partial charge in [-0.2, -0.15) is 0 Å². The molecule has 2 saturated heterocycles. The molecule has 1 atom stereocenters. The van der Waals surface area contributed by atoms with Gasteiger partial charge in [-0.25, -0.2) is 0 Å². The minimum Gasteiger partial charge on any atom is -0.367 e. The lowest BCUT2D eigenvalue weighted by Gasteiger charge is -2.40. The van der Waals surface area contributed by atoms with Gasteiger partial charge in [0.05, 0.1) is 11.4 Å². The molecule has 2 aliphatic heterocycles. The van der Waals surface area contributed by atoms with Crippen LogP contribution >= 0.6 is 23.2 Å². The van der Waals surface area contributed by atoms with Crippen molar-refractivity contribution < 1.29 is 9.59 Å². The van der Waals surface area contributed by atoms with E-state index in [4.69, 9.17) is 23.2 Å². The fraction of sp³-hybridized carbons (Fsp3) is 0.346. The number of aromatic nitrogens is 1. The Bertz CT molecular complexity index is 1210. The summed E-state index contributed by atoms with van der Waals surface area (Å²) in [4.78, 5) is 36.7. The van der Waals surface area contributed by atoms with E-state index in [1.165, 1.54) is 0 Å². The lowest BCUT2D eigenvalue weighted by molar-refractivity contribution is -0.137. The molecule has 0 radical (unpaired) electrons. The second-order valence-corrected chi connectivity index (χ2v) is 9.77. The molecule has 0 aliphatic carbocycles. The molecular weight excluding hydrogens is 471 g/mol. The predicted octanol–water partition coefficient (Wildman–Crippen LogP) is 4.74. The third-order valence-corrected chi connectivity index (χ3v) is 7.25. The van der Waals surface area contributed by atoms with Gasteiger partial charge < -0.3 is 14.7 Å². The molecule has 2 aromatic carbocycles. The van der Waals surface area contributed by atoms with Crippen LogP contribution in [0.3, 0.4) is 0 Å². The Hall–Kier alpha value is -2.83. The highest BCUT2D eigenvalue weighted by Crippen LogP contribution is 2.29. The number of pyridine rings is 1. The van der Waals surface area contributed by atoms with E-state index in [9.17, 15) is 9.59 Å². The Morgan fingerprint density at radius 2 is 1.59 bits per heavy atom. The minimum absolute atomic E-state index is 0.0383. The van der Waals surface area contributed by atoms with Crippen molar-refractivity contribution in [3.63, 3.8) is 0 Å². The molecule has 2 amide bonds. The number of amides is 2. The summed E-state index contributed by atoms with van der Waals surface area (Å²) in [5.41, 5.74) is 2.60. The molecule has 34 heavy (non-hydrogen) atoms. The number of anilines is 1. The summed E-state index contributed by atoms with van der Waals surface area (Å²) >= 11 is 12.1. The van der Waals surface area contributed by atoms with Crippen LogP contribution in [-0.2, 0) is 4.79 Å². The topological polar surface area (TPSA) is 56.8 Å². The van der Waals surface area contributed by atoms with Gasteiger partial charge in [-0.1, -0.05) is 23.2 Å². The number of benzene rings is 2. The standard InChI is InChI=1S/C26H26Cl2N4O2/c27-20-5-3-18(4-6-20)25(33)32-11-1-2-19(17-32)26(34)31-14-12-30(13-15-31)24-9-10-29-23-16-21(28)7-8-22(23)24/h3-10,16,19H,1-2,11-15,17H2/t19-/m0/s1. The van der Waals surface area contributed by atoms with Crippen molar-refractivity contribution in [1.29, 1.82) is 0 Å². The van der Waals surface area contributed by atoms with Gasteiger partial charge >= 0.3 is 0 Å². The lowest BCUT2D eigenvalue weighted by atomic mass is 9.95. The normalized spacial score (nSPS) is 18.9. The SMILES string of the molecule is O=C(c1ccc(Cl)cc1)N1CCC[C@H](C(=O)N2CCN(c3ccnc4cc(Cl)ccc34)CC2)C1. The number of carbonyl (C=O) groups is 2. The maximum Gasteiger partial charge on any atom is 0.253 e. The molecule has 8 heteroatoms. The van der Waals surface area contributed by atoms with Gasteiger partial charge in [0.25, 0.3) is 5.91 Å². The van der Waals surface area contributed by atoms with Gasteiger partial charge in [-0.3, -0.25) is 14.6 Å². The summed E-state index contributed by atoms with van der Waals surface area (Å²) in [5.74, 6) is -0.0382. The Morgan fingerprint density at radius 3 is 2.35 bits per heavy atom. The zero-order valence-corrected chi connectivity index (χ0v) is 20.3. The smallest absolute Gasteiger partial charge is 0.253 e. The van der Waals surface area contributed by atoms with Crippen LogP contribution in [0.15, 0.2) is 54.7 Å². The summed E-state index contributed by atoms with van der Waals surface area (Å²) in [5, 5.41) is 2.34. The Kier molecular flexibility index (Phi) is 6.61. The molecule has 0 unspecified atom stereocenters. The second-order valence-electron chi connectivity index (χ2n) is 8.90. The molecule has 5 rings (SSSR count). The quantitative estimate of drug-likeness (QED) is 0.525. The Labute approximate surface area is 209 Å². The third kappa shape index (κ3) is 4.70. The number of piperidine rings is 1. The molecule has 2 aliphatic rings. The number of halogens is 2. The Morgan fingerprint density at radius 1 is 0.853 bits per heavy atom. The van der Waals surface area contributed by atoms with Crippen LogP contribution in [0, 0.1) is 5.92 Å². The van der Waals surface area contributed by atoms with E-state index in [1.54, 1.807) is 35.4 Å². The van der Waals surface area contributed by atoms with Gasteiger partial charge in [0.1, 0.15) is 0 Å². The van der Waals surface area contributed by atoms with E-state index in [-0.39, 0.29) is 17.7 Å². The zero-order valence-electron chi connectivity index (χ0n) is 18.8. The first-order valence-corrected chi connectivity index (χ1v) is 12.4. The fourth-order valence-corrected chi connectivity index (χ4v) is 5.24. The third-order valence-electron chi connectivity index (χ3n) is 6.76. The van der Waals surface area contributed by atoms with E-state index in [2.05, 4.69) is 9.88 Å². The number of piperazine rings is 1. The first kappa shape index (κ1) is 22.9. The van der Waals surface area contributed by atoms with Crippen molar-refractivity contribution >= 4 is 51.6 Å². The molecule has 176 valence electrons. The van der Waals surface area contributed by atoms with Crippen LogP contribution < -0.4 is 4.90 Å². The van der Waals surface area contributed by atoms with Gasteiger partial charge in [0.2, 0.25) is 5.91 Å². The van der Waals surface area contributed by atoms with Gasteiger partial charge in [0, 0.05) is 72.1 Å². The number of likely N-dealkylation sites (tertiary alicyclic amines) is 1. The maximum atomic E-state index is 13.3. The van der Waals surface area contributed by atoms with E-state index >= 15 is 0 Å². The van der Waals surface area contributed by atoms with Crippen molar-refractivity contribution in [1.82, 2.24) is 14.8 Å². The monoisotopic (exact) mass is 496 g/mol. The number of carbonyl (C=O) groups excluding carboxylic acids is 2. The summed E-state index contributed by atoms with van der Waals surface area (Å²) in [6.07, 6.45) is 3.46. The van der Waals surface area contributed by atoms with Crippen molar-refractivity contribution in [3.05, 3.63) is 70.3 Å². The average molecular weight is 497 g/mol. The number of hydrogen-bond donors (Lipinski definition) is 0. The van der Waals surface area contributed by atoms with Gasteiger partial charge in [-0.15, -0.1) is 0 Å². The number of hydrogen-bond acceptors (Lipinski definition) is 4. The van der Waals surface area contributed by atoms with Crippen molar-refractivity contribution in [2.24, 2.45) is 5.92 Å². The molecule has 0 N–H and O–H groups in total. The van der Waals surface area contributed by atoms with Crippen molar-refractivity contribution in [2.75, 3.05) is 44.2 Å². The molecule has 3 heterocycles. The summed E-state index contributed by atoms with van der Waals surface area (Å²) in [7, 11) is 0. The molecule has 6 nitrogen and oxygen atoms in total. The predicted molar refractivity (Wildman–Crippen MR) is 136 cm³/mol. The number of rotatable bonds is 3. The van der Waals surface area contributed by atoms with Crippen molar-refractivity contribution in [2.45, 2.75) is 12.8 Å². The second kappa shape index (κ2) is 9.80. The molecule has 3 aromatic rings. The lowest BCUT2D eigenvalue weighted by Crippen LogP contribution is -2.53. The highest BCUT2D eigenvalue weighted by atomic mass is 35.5.